The van der Waals surface area contributed by atoms with E-state index in [-0.39, 0.29) is 30.4 Å². The van der Waals surface area contributed by atoms with Gasteiger partial charge in [-0.3, -0.25) is 10.1 Å². The first-order valence-electron chi connectivity index (χ1n) is 13.6. The average molecular weight is 575 g/mol. The summed E-state index contributed by atoms with van der Waals surface area (Å²) in [6, 6.07) is 25.4. The minimum Gasteiger partial charge on any atom is -0.449 e. The van der Waals surface area contributed by atoms with E-state index in [1.807, 2.05) is 48.5 Å². The molecule has 1 aliphatic carbocycles. The van der Waals surface area contributed by atoms with Crippen LogP contribution in [0.25, 0.3) is 11.1 Å². The summed E-state index contributed by atoms with van der Waals surface area (Å²) in [6.07, 6.45) is -2.40. The Hall–Kier alpha value is -4.89. The van der Waals surface area contributed by atoms with Crippen LogP contribution in [0.4, 0.5) is 15.3 Å². The van der Waals surface area contributed by atoms with Crippen LogP contribution < -0.4 is 10.1 Å². The summed E-state index contributed by atoms with van der Waals surface area (Å²) in [6.45, 7) is -2.76. The molecular weight excluding hydrogens is 548 g/mol. The van der Waals surface area contributed by atoms with Crippen molar-refractivity contribution in [3.8, 4) is 16.9 Å². The molecule has 0 bridgehead atoms. The lowest BCUT2D eigenvalue weighted by molar-refractivity contribution is -0.384. The van der Waals surface area contributed by atoms with E-state index in [4.69, 9.17) is 28.6 Å². The van der Waals surface area contributed by atoms with Crippen molar-refractivity contribution in [1.82, 2.24) is 5.32 Å². The molecule has 0 saturated carbocycles. The van der Waals surface area contributed by atoms with E-state index in [2.05, 4.69) is 5.32 Å². The van der Waals surface area contributed by atoms with Gasteiger partial charge in [0.05, 0.1) is 13.7 Å². The number of nitrogens with one attached hydrogen (secondary N) is 1. The zero-order valence-corrected chi connectivity index (χ0v) is 22.2. The van der Waals surface area contributed by atoms with Crippen LogP contribution in [0.5, 0.6) is 5.75 Å². The molecule has 1 atom stereocenters. The number of amides is 1. The molecule has 0 unspecified atom stereocenters. The standard InChI is InChI=1S/C31H25ClN2O7/c32-21-11-9-20(10-12-21)17-22(18-40-31(36)41-24-15-13-23(14-16-24)34(37)38)33-30(35)39-19-29-27-7-3-1-5-25(27)26-6-2-4-8-28(26)29/h1-16,22,29H,17-19H2,(H,33,35)/t22-/m0/s1/i18D2. The first kappa shape index (κ1) is 25.1. The monoisotopic (exact) mass is 574 g/mol. The molecule has 1 aliphatic rings. The molecule has 0 aliphatic heterocycles. The number of benzene rings is 4. The third-order valence-electron chi connectivity index (χ3n) is 6.52. The lowest BCUT2D eigenvalue weighted by atomic mass is 9.98. The first-order valence-corrected chi connectivity index (χ1v) is 13.0. The van der Waals surface area contributed by atoms with Crippen molar-refractivity contribution in [2.24, 2.45) is 0 Å². The van der Waals surface area contributed by atoms with Gasteiger partial charge in [-0.2, -0.15) is 0 Å². The minimum atomic E-state index is -2.76. The van der Waals surface area contributed by atoms with E-state index in [9.17, 15) is 19.7 Å². The molecular formula is C31H25ClN2O7. The predicted molar refractivity (Wildman–Crippen MR) is 152 cm³/mol. The van der Waals surface area contributed by atoms with Crippen molar-refractivity contribution in [1.29, 1.82) is 0 Å². The molecule has 1 N–H and O–H groups in total. The number of nitro benzene ring substituents is 1. The smallest absolute Gasteiger partial charge is 0.449 e. The quantitative estimate of drug-likeness (QED) is 0.0998. The maximum absolute atomic E-state index is 13.0. The summed E-state index contributed by atoms with van der Waals surface area (Å²) >= 11 is 5.98. The van der Waals surface area contributed by atoms with Gasteiger partial charge in [-0.25, -0.2) is 9.59 Å². The van der Waals surface area contributed by atoms with E-state index in [1.54, 1.807) is 24.3 Å². The van der Waals surface area contributed by atoms with Crippen molar-refractivity contribution in [3.05, 3.63) is 129 Å². The van der Waals surface area contributed by atoms with Crippen LogP contribution in [0.1, 0.15) is 25.3 Å². The SMILES string of the molecule is [2H]C([2H])(OC(=O)Oc1ccc([N+](=O)[O-])cc1)[C@H](Cc1ccc(Cl)cc1)NC(=O)OCC1c2ccccc2-c2ccccc21. The van der Waals surface area contributed by atoms with Crippen LogP contribution >= 0.6 is 11.6 Å². The highest BCUT2D eigenvalue weighted by Gasteiger charge is 2.29. The molecule has 0 heterocycles. The van der Waals surface area contributed by atoms with E-state index < -0.39 is 29.8 Å². The van der Waals surface area contributed by atoms with Gasteiger partial charge in [-0.15, -0.1) is 0 Å². The number of halogens is 1. The molecule has 41 heavy (non-hydrogen) atoms. The summed E-state index contributed by atoms with van der Waals surface area (Å²) in [5.41, 5.74) is 4.53. The molecule has 0 radical (unpaired) electrons. The minimum absolute atomic E-state index is 0.000429. The van der Waals surface area contributed by atoms with Crippen LogP contribution in [0.3, 0.4) is 0 Å². The number of hydrogen-bond donors (Lipinski definition) is 1. The van der Waals surface area contributed by atoms with E-state index in [1.165, 1.54) is 12.1 Å². The van der Waals surface area contributed by atoms with Gasteiger partial charge in [-0.05, 0) is 58.5 Å². The topological polar surface area (TPSA) is 117 Å². The number of hydrogen-bond acceptors (Lipinski definition) is 7. The van der Waals surface area contributed by atoms with Crippen molar-refractivity contribution in [2.75, 3.05) is 13.2 Å². The highest BCUT2D eigenvalue weighted by molar-refractivity contribution is 6.30. The zero-order valence-electron chi connectivity index (χ0n) is 23.5. The summed E-state index contributed by atoms with van der Waals surface area (Å²) in [5.74, 6) is -0.303. The van der Waals surface area contributed by atoms with Crippen molar-refractivity contribution in [3.63, 3.8) is 0 Å². The van der Waals surface area contributed by atoms with Crippen molar-refractivity contribution in [2.45, 2.75) is 18.4 Å². The highest BCUT2D eigenvalue weighted by Crippen LogP contribution is 2.44. The molecule has 1 amide bonds. The first-order chi connectivity index (χ1) is 20.6. The van der Waals surface area contributed by atoms with Crippen LogP contribution in [-0.4, -0.2) is 36.4 Å². The Morgan fingerprint density at radius 1 is 0.902 bits per heavy atom. The predicted octanol–water partition coefficient (Wildman–Crippen LogP) is 6.91. The number of carbonyl (C=O) groups excluding carboxylic acids is 2. The fraction of sp³-hybridized carbons (Fsp3) is 0.161. The second kappa shape index (κ2) is 12.5. The molecule has 208 valence electrons. The molecule has 4 aromatic rings. The summed E-state index contributed by atoms with van der Waals surface area (Å²) in [5, 5.41) is 13.8. The third kappa shape index (κ3) is 6.82. The molecule has 9 nitrogen and oxygen atoms in total. The number of non-ortho nitro benzene ring substituents is 1. The number of rotatable bonds is 9. The van der Waals surface area contributed by atoms with Gasteiger partial charge in [0.25, 0.3) is 5.69 Å². The summed E-state index contributed by atoms with van der Waals surface area (Å²) in [4.78, 5) is 35.8. The average Bonchev–Trinajstić information content (AvgIpc) is 3.30. The maximum Gasteiger partial charge on any atom is 0.513 e. The van der Waals surface area contributed by atoms with E-state index >= 15 is 0 Å². The van der Waals surface area contributed by atoms with Gasteiger partial charge in [0.1, 0.15) is 18.9 Å². The molecule has 0 fully saturated rings. The number of nitrogens with zero attached hydrogens (tertiary/aromatic N) is 1. The van der Waals surface area contributed by atoms with Gasteiger partial charge < -0.3 is 19.5 Å². The van der Waals surface area contributed by atoms with Gasteiger partial charge >= 0.3 is 12.2 Å². The Morgan fingerprint density at radius 3 is 2.12 bits per heavy atom. The number of fused-ring (bicyclic) bond motifs is 3. The van der Waals surface area contributed by atoms with E-state index in [0.717, 1.165) is 34.4 Å². The second-order valence-electron chi connectivity index (χ2n) is 9.18. The highest BCUT2D eigenvalue weighted by atomic mass is 35.5. The Balaban J connectivity index is 1.29. The van der Waals surface area contributed by atoms with Crippen LogP contribution in [0.15, 0.2) is 97.1 Å². The Kier molecular flexibility index (Phi) is 7.67. The van der Waals surface area contributed by atoms with Crippen LogP contribution in [-0.2, 0) is 15.9 Å². The van der Waals surface area contributed by atoms with Gasteiger partial charge in [0.15, 0.2) is 0 Å². The third-order valence-corrected chi connectivity index (χ3v) is 6.77. The summed E-state index contributed by atoms with van der Waals surface area (Å²) < 4.78 is 32.6. The molecule has 0 spiro atoms. The van der Waals surface area contributed by atoms with Crippen molar-refractivity contribution >= 4 is 29.5 Å². The van der Waals surface area contributed by atoms with Gasteiger partial charge in [-0.1, -0.05) is 72.3 Å². The number of ether oxygens (including phenoxy) is 3. The fourth-order valence-electron chi connectivity index (χ4n) is 4.63. The normalized spacial score (nSPS) is 13.6. The van der Waals surface area contributed by atoms with Gasteiger partial charge in [0, 0.05) is 23.1 Å². The Labute approximate surface area is 243 Å². The number of alkyl carbamates (subject to hydrolysis) is 1. The Morgan fingerprint density at radius 2 is 1.51 bits per heavy atom. The zero-order chi connectivity index (χ0) is 30.6. The summed E-state index contributed by atoms with van der Waals surface area (Å²) in [7, 11) is 0. The lowest BCUT2D eigenvalue weighted by Crippen LogP contribution is -2.41. The number of carbonyl (C=O) groups is 2. The molecule has 0 aromatic heterocycles. The van der Waals surface area contributed by atoms with Crippen LogP contribution in [0, 0.1) is 10.1 Å². The molecule has 10 heteroatoms. The maximum atomic E-state index is 13.0. The largest absolute Gasteiger partial charge is 0.513 e. The fourth-order valence-corrected chi connectivity index (χ4v) is 4.76. The number of nitro groups is 1. The molecule has 5 rings (SSSR count). The van der Waals surface area contributed by atoms with Gasteiger partial charge in [0.2, 0.25) is 0 Å². The molecule has 0 saturated heterocycles. The lowest BCUT2D eigenvalue weighted by Gasteiger charge is -2.20. The van der Waals surface area contributed by atoms with Crippen LogP contribution in [0.2, 0.25) is 5.02 Å². The Bertz CT molecular complexity index is 1600. The van der Waals surface area contributed by atoms with E-state index in [0.29, 0.717) is 10.6 Å². The second-order valence-corrected chi connectivity index (χ2v) is 9.61. The van der Waals surface area contributed by atoms with Crippen molar-refractivity contribution < 1.29 is 31.5 Å². The molecule has 4 aromatic carbocycles.